The Bertz CT molecular complexity index is 940. The molecule has 1 N–H and O–H groups in total. The number of para-hydroxylation sites is 2. The van der Waals surface area contributed by atoms with Gasteiger partial charge in [0.15, 0.2) is 6.10 Å². The van der Waals surface area contributed by atoms with Crippen molar-refractivity contribution in [2.24, 2.45) is 0 Å². The number of nitrogens with zero attached hydrogens (tertiary/aromatic N) is 1. The number of nitrogens with one attached hydrogen (secondary N) is 1. The van der Waals surface area contributed by atoms with E-state index in [2.05, 4.69) is 5.32 Å². The summed E-state index contributed by atoms with van der Waals surface area (Å²) in [5, 5.41) is 2.86. The highest BCUT2D eigenvalue weighted by molar-refractivity contribution is 7.92. The van der Waals surface area contributed by atoms with Crippen molar-refractivity contribution in [3.63, 3.8) is 0 Å². The third-order valence-corrected chi connectivity index (χ3v) is 6.34. The minimum atomic E-state index is -3.52. The van der Waals surface area contributed by atoms with Crippen LogP contribution in [0.25, 0.3) is 0 Å². The van der Waals surface area contributed by atoms with Crippen LogP contribution in [0.1, 0.15) is 18.1 Å². The van der Waals surface area contributed by atoms with Crippen LogP contribution in [0.5, 0.6) is 5.75 Å². The molecule has 0 aromatic heterocycles. The molecule has 0 spiro atoms. The van der Waals surface area contributed by atoms with E-state index >= 15 is 0 Å². The Morgan fingerprint density at radius 3 is 2.65 bits per heavy atom. The molecule has 0 aliphatic carbocycles. The summed E-state index contributed by atoms with van der Waals surface area (Å²) in [7, 11) is -3.52. The molecular formula is C19H22N2O4S. The lowest BCUT2D eigenvalue weighted by Crippen LogP contribution is -2.49. The van der Waals surface area contributed by atoms with Gasteiger partial charge in [-0.2, -0.15) is 0 Å². The Kier molecular flexibility index (Phi) is 4.91. The number of sulfonamides is 1. The predicted molar refractivity (Wildman–Crippen MR) is 102 cm³/mol. The zero-order chi connectivity index (χ0) is 18.9. The van der Waals surface area contributed by atoms with Crippen LogP contribution in [0, 0.1) is 13.8 Å². The Hall–Kier alpha value is -2.54. The normalized spacial score (nSPS) is 16.6. The molecular weight excluding hydrogens is 352 g/mol. The third kappa shape index (κ3) is 3.39. The van der Waals surface area contributed by atoms with Gasteiger partial charge in [0.1, 0.15) is 5.75 Å². The van der Waals surface area contributed by atoms with Gasteiger partial charge in [-0.3, -0.25) is 9.10 Å². The smallest absolute Gasteiger partial charge is 0.267 e. The topological polar surface area (TPSA) is 75.7 Å². The number of rotatable bonds is 4. The number of hydrogen-bond donors (Lipinski definition) is 1. The van der Waals surface area contributed by atoms with Gasteiger partial charge in [0.05, 0.1) is 18.0 Å². The minimum Gasteiger partial charge on any atom is -0.476 e. The van der Waals surface area contributed by atoms with Gasteiger partial charge in [-0.05, 0) is 50.1 Å². The summed E-state index contributed by atoms with van der Waals surface area (Å²) in [5.41, 5.74) is 3.19. The molecule has 0 fully saturated rings. The highest BCUT2D eigenvalue weighted by Crippen LogP contribution is 2.35. The van der Waals surface area contributed by atoms with E-state index < -0.39 is 16.1 Å². The fourth-order valence-corrected chi connectivity index (χ4v) is 3.98. The maximum atomic E-state index is 12.7. The second kappa shape index (κ2) is 6.99. The number of amides is 1. The van der Waals surface area contributed by atoms with Crippen molar-refractivity contribution in [3.8, 4) is 5.75 Å². The van der Waals surface area contributed by atoms with E-state index in [0.29, 0.717) is 17.1 Å². The van der Waals surface area contributed by atoms with Crippen molar-refractivity contribution < 1.29 is 17.9 Å². The molecule has 0 saturated carbocycles. The second-order valence-corrected chi connectivity index (χ2v) is 8.42. The molecule has 1 aliphatic heterocycles. The standard InChI is InChI=1S/C19H22N2O4S/c1-4-26(23,24)21-12-18(25-17-11-6-5-10-16(17)21)19(22)20-15-9-7-8-13(2)14(15)3/h5-11,18H,4,12H2,1-3H3,(H,20,22)/t18-/m0/s1. The fraction of sp³-hybridized carbons (Fsp3) is 0.316. The average molecular weight is 374 g/mol. The molecule has 0 radical (unpaired) electrons. The van der Waals surface area contributed by atoms with E-state index in [1.54, 1.807) is 31.2 Å². The maximum absolute atomic E-state index is 12.7. The summed E-state index contributed by atoms with van der Waals surface area (Å²) >= 11 is 0. The predicted octanol–water partition coefficient (Wildman–Crippen LogP) is 2.86. The second-order valence-electron chi connectivity index (χ2n) is 6.24. The van der Waals surface area contributed by atoms with Gasteiger partial charge in [0.25, 0.3) is 5.91 Å². The Morgan fingerprint density at radius 2 is 1.92 bits per heavy atom. The van der Waals surface area contributed by atoms with Crippen LogP contribution in [0.15, 0.2) is 42.5 Å². The Morgan fingerprint density at radius 1 is 1.19 bits per heavy atom. The van der Waals surface area contributed by atoms with Crippen LogP contribution in [0.4, 0.5) is 11.4 Å². The van der Waals surface area contributed by atoms with Crippen LogP contribution in [-0.2, 0) is 14.8 Å². The SMILES string of the molecule is CCS(=O)(=O)N1C[C@@H](C(=O)Nc2cccc(C)c2C)Oc2ccccc21. The Labute approximate surface area is 153 Å². The van der Waals surface area contributed by atoms with E-state index in [4.69, 9.17) is 4.74 Å². The van der Waals surface area contributed by atoms with Gasteiger partial charge in [-0.15, -0.1) is 0 Å². The zero-order valence-electron chi connectivity index (χ0n) is 15.0. The minimum absolute atomic E-state index is 0.0489. The summed E-state index contributed by atoms with van der Waals surface area (Å²) < 4.78 is 32.0. The number of benzene rings is 2. The first-order chi connectivity index (χ1) is 12.3. The van der Waals surface area contributed by atoms with Gasteiger partial charge in [-0.25, -0.2) is 8.42 Å². The van der Waals surface area contributed by atoms with E-state index in [1.807, 2.05) is 32.0 Å². The number of hydrogen-bond acceptors (Lipinski definition) is 4. The summed E-state index contributed by atoms with van der Waals surface area (Å²) in [5.74, 6) is -0.0338. The molecule has 2 aromatic rings. The molecule has 0 saturated heterocycles. The van der Waals surface area contributed by atoms with E-state index in [1.165, 1.54) is 4.31 Å². The Balaban J connectivity index is 1.90. The number of fused-ring (bicyclic) bond motifs is 1. The lowest BCUT2D eigenvalue weighted by Gasteiger charge is -2.34. The lowest BCUT2D eigenvalue weighted by atomic mass is 10.1. The van der Waals surface area contributed by atoms with Crippen LogP contribution in [0.3, 0.4) is 0 Å². The highest BCUT2D eigenvalue weighted by Gasteiger charge is 2.36. The van der Waals surface area contributed by atoms with Crippen LogP contribution >= 0.6 is 0 Å². The van der Waals surface area contributed by atoms with Gasteiger partial charge in [0, 0.05) is 5.69 Å². The van der Waals surface area contributed by atoms with Crippen molar-refractivity contribution in [3.05, 3.63) is 53.6 Å². The molecule has 3 rings (SSSR count). The molecule has 26 heavy (non-hydrogen) atoms. The van der Waals surface area contributed by atoms with Crippen molar-refractivity contribution in [1.29, 1.82) is 0 Å². The van der Waals surface area contributed by atoms with E-state index in [-0.39, 0.29) is 18.2 Å². The number of carbonyl (C=O) groups is 1. The first-order valence-corrected chi connectivity index (χ1v) is 10.1. The summed E-state index contributed by atoms with van der Waals surface area (Å²) in [6.07, 6.45) is -0.925. The van der Waals surface area contributed by atoms with Crippen molar-refractivity contribution in [1.82, 2.24) is 0 Å². The largest absolute Gasteiger partial charge is 0.476 e. The molecule has 2 aromatic carbocycles. The molecule has 1 amide bonds. The summed E-state index contributed by atoms with van der Waals surface area (Å²) in [6.45, 7) is 5.42. The first-order valence-electron chi connectivity index (χ1n) is 8.46. The fourth-order valence-electron chi connectivity index (χ4n) is 2.86. The molecule has 1 atom stereocenters. The molecule has 1 heterocycles. The number of aryl methyl sites for hydroxylation is 1. The molecule has 1 aliphatic rings. The average Bonchev–Trinajstić information content (AvgIpc) is 2.64. The van der Waals surface area contributed by atoms with Crippen LogP contribution < -0.4 is 14.4 Å². The van der Waals surface area contributed by atoms with Gasteiger partial charge in [0.2, 0.25) is 10.0 Å². The van der Waals surface area contributed by atoms with Gasteiger partial charge >= 0.3 is 0 Å². The number of carbonyl (C=O) groups excluding carboxylic acids is 1. The summed E-state index contributed by atoms with van der Waals surface area (Å²) in [6, 6.07) is 12.5. The quantitative estimate of drug-likeness (QED) is 0.893. The molecule has 6 nitrogen and oxygen atoms in total. The lowest BCUT2D eigenvalue weighted by molar-refractivity contribution is -0.122. The summed E-state index contributed by atoms with van der Waals surface area (Å²) in [4.78, 5) is 12.7. The zero-order valence-corrected chi connectivity index (χ0v) is 15.8. The number of anilines is 2. The van der Waals surface area contributed by atoms with Crippen LogP contribution in [0.2, 0.25) is 0 Å². The molecule has 0 bridgehead atoms. The molecule has 7 heteroatoms. The van der Waals surface area contributed by atoms with Gasteiger partial charge in [-0.1, -0.05) is 24.3 Å². The highest BCUT2D eigenvalue weighted by atomic mass is 32.2. The maximum Gasteiger partial charge on any atom is 0.267 e. The first kappa shape index (κ1) is 18.3. The molecule has 0 unspecified atom stereocenters. The van der Waals surface area contributed by atoms with E-state index in [0.717, 1.165) is 11.1 Å². The van der Waals surface area contributed by atoms with Gasteiger partial charge < -0.3 is 10.1 Å². The third-order valence-electron chi connectivity index (χ3n) is 4.59. The molecule has 138 valence electrons. The van der Waals surface area contributed by atoms with Crippen LogP contribution in [-0.4, -0.2) is 32.7 Å². The van der Waals surface area contributed by atoms with Crippen molar-refractivity contribution in [2.75, 3.05) is 21.9 Å². The van der Waals surface area contributed by atoms with Crippen molar-refractivity contribution >= 4 is 27.3 Å². The number of ether oxygens (including phenoxy) is 1. The monoisotopic (exact) mass is 374 g/mol. The van der Waals surface area contributed by atoms with Crippen molar-refractivity contribution in [2.45, 2.75) is 26.9 Å². The van der Waals surface area contributed by atoms with E-state index in [9.17, 15) is 13.2 Å².